The van der Waals surface area contributed by atoms with Crippen molar-refractivity contribution in [1.29, 1.82) is 0 Å². The summed E-state index contributed by atoms with van der Waals surface area (Å²) < 4.78 is 10.0. The van der Waals surface area contributed by atoms with Gasteiger partial charge < -0.3 is 29.9 Å². The summed E-state index contributed by atoms with van der Waals surface area (Å²) in [6.45, 7) is -3.07. The summed E-state index contributed by atoms with van der Waals surface area (Å²) in [5.41, 5.74) is 0.198. The number of hydrogen-bond donors (Lipinski definition) is 4. The summed E-state index contributed by atoms with van der Waals surface area (Å²) in [5.74, 6) is -1.87. The Morgan fingerprint density at radius 3 is 2.86 bits per heavy atom. The van der Waals surface area contributed by atoms with Crippen molar-refractivity contribution in [1.82, 2.24) is 5.32 Å². The molecule has 0 fully saturated rings. The molecule has 1 heterocycles. The smallest absolute Gasteiger partial charge is 0.431 e. The maximum atomic E-state index is 11.4. The number of aromatic carboxylic acids is 1. The molecule has 9 heteroatoms. The van der Waals surface area contributed by atoms with Gasteiger partial charge >= 0.3 is 12.7 Å². The normalized spacial score (nSPS) is 19.1. The molecular weight excluding hydrogens is 281 g/mol. The predicted molar refractivity (Wildman–Crippen MR) is 72.4 cm³/mol. The summed E-state index contributed by atoms with van der Waals surface area (Å²) in [6.07, 6.45) is 0.347. The molecule has 0 aromatic heterocycles. The van der Waals surface area contributed by atoms with E-state index in [4.69, 9.17) is 9.39 Å². The van der Waals surface area contributed by atoms with E-state index in [-0.39, 0.29) is 29.9 Å². The van der Waals surface area contributed by atoms with Crippen LogP contribution in [0.15, 0.2) is 12.1 Å². The van der Waals surface area contributed by atoms with Gasteiger partial charge in [0, 0.05) is 6.54 Å². The van der Waals surface area contributed by atoms with Crippen LogP contribution in [0.3, 0.4) is 0 Å². The van der Waals surface area contributed by atoms with Crippen molar-refractivity contribution in [3.63, 3.8) is 0 Å². The molecule has 1 atom stereocenters. The zero-order valence-corrected chi connectivity index (χ0v) is 11.3. The highest BCUT2D eigenvalue weighted by Crippen LogP contribution is 2.43. The van der Waals surface area contributed by atoms with Gasteiger partial charge in [0.1, 0.15) is 11.3 Å². The molecule has 0 saturated carbocycles. The van der Waals surface area contributed by atoms with E-state index >= 15 is 0 Å². The molecule has 4 N–H and O–H groups in total. The standard InChI is InChI=1S/C12H15BNO7/c1-20-9-3-2-8-7(5-14-6-15)4-13(18,19)21-11(8)10(9)12(16)17/h2-3,6-7,18-19H,4-5H2,1H3,(H,14,15)(H,16,17)/q-1. The van der Waals surface area contributed by atoms with Crippen LogP contribution >= 0.6 is 0 Å². The second-order valence-corrected chi connectivity index (χ2v) is 4.80. The Hall–Kier alpha value is -2.26. The van der Waals surface area contributed by atoms with E-state index in [1.165, 1.54) is 13.2 Å². The Balaban J connectivity index is 2.56. The number of hydrogen-bond acceptors (Lipinski definition) is 6. The lowest BCUT2D eigenvalue weighted by molar-refractivity contribution is -0.109. The number of nitrogens with one attached hydrogen (secondary N) is 1. The molecule has 2 rings (SSSR count). The molecular formula is C12H15BNO7-. The molecule has 1 aromatic carbocycles. The number of benzene rings is 1. The highest BCUT2D eigenvalue weighted by Gasteiger charge is 2.37. The van der Waals surface area contributed by atoms with Gasteiger partial charge in [0.15, 0.2) is 0 Å². The zero-order chi connectivity index (χ0) is 15.6. The number of carboxylic acid groups (broad SMARTS) is 1. The number of fused-ring (bicyclic) bond motifs is 1. The minimum Gasteiger partial charge on any atom is -0.669 e. The predicted octanol–water partition coefficient (Wildman–Crippen LogP) is -0.461. The highest BCUT2D eigenvalue weighted by molar-refractivity contribution is 6.59. The topological polar surface area (TPSA) is 125 Å². The third-order valence-corrected chi connectivity index (χ3v) is 3.37. The maximum Gasteiger partial charge on any atom is 0.431 e. The van der Waals surface area contributed by atoms with Gasteiger partial charge in [-0.05, 0) is 17.5 Å². The minimum absolute atomic E-state index is 0.0526. The lowest BCUT2D eigenvalue weighted by Gasteiger charge is -2.41. The molecule has 1 aliphatic heterocycles. The Bertz CT molecular complexity index is 575. The molecule has 0 bridgehead atoms. The van der Waals surface area contributed by atoms with Gasteiger partial charge in [0.25, 0.3) is 0 Å². The van der Waals surface area contributed by atoms with Crippen LogP contribution in [0.1, 0.15) is 21.8 Å². The third-order valence-electron chi connectivity index (χ3n) is 3.37. The van der Waals surface area contributed by atoms with Crippen LogP contribution in [0.4, 0.5) is 0 Å². The number of carboxylic acids is 1. The van der Waals surface area contributed by atoms with Gasteiger partial charge in [-0.25, -0.2) is 4.79 Å². The number of rotatable bonds is 5. The second-order valence-electron chi connectivity index (χ2n) is 4.80. The summed E-state index contributed by atoms with van der Waals surface area (Å²) >= 11 is 0. The van der Waals surface area contributed by atoms with Crippen LogP contribution in [0.5, 0.6) is 11.5 Å². The molecule has 0 aliphatic carbocycles. The summed E-state index contributed by atoms with van der Waals surface area (Å²) in [5, 5.41) is 31.4. The van der Waals surface area contributed by atoms with E-state index in [0.717, 1.165) is 0 Å². The van der Waals surface area contributed by atoms with Crippen molar-refractivity contribution in [3.05, 3.63) is 23.3 Å². The molecule has 0 spiro atoms. The zero-order valence-electron chi connectivity index (χ0n) is 11.3. The van der Waals surface area contributed by atoms with Crippen LogP contribution in [0.25, 0.3) is 0 Å². The van der Waals surface area contributed by atoms with Crippen LogP contribution in [-0.4, -0.2) is 47.9 Å². The first-order valence-corrected chi connectivity index (χ1v) is 6.30. The quantitative estimate of drug-likeness (QED) is 0.428. The van der Waals surface area contributed by atoms with Crippen LogP contribution in [-0.2, 0) is 4.79 Å². The van der Waals surface area contributed by atoms with Gasteiger partial charge in [-0.15, -0.1) is 0 Å². The first kappa shape index (κ1) is 15.1. The van der Waals surface area contributed by atoms with Crippen LogP contribution in [0, 0.1) is 0 Å². The lowest BCUT2D eigenvalue weighted by Crippen LogP contribution is -2.48. The highest BCUT2D eigenvalue weighted by atomic mass is 16.6. The van der Waals surface area contributed by atoms with E-state index in [9.17, 15) is 24.7 Å². The van der Waals surface area contributed by atoms with E-state index in [2.05, 4.69) is 5.32 Å². The Morgan fingerprint density at radius 1 is 1.57 bits per heavy atom. The number of ether oxygens (including phenoxy) is 1. The third kappa shape index (κ3) is 2.93. The summed E-state index contributed by atoms with van der Waals surface area (Å²) in [4.78, 5) is 21.8. The SMILES string of the molecule is COc1ccc2c(c1C(=O)O)O[B-](O)(O)CC2CNC=O. The number of methoxy groups -OCH3 is 1. The molecule has 1 amide bonds. The average molecular weight is 296 g/mol. The molecule has 0 saturated heterocycles. The number of carbonyl (C=O) groups excluding carboxylic acids is 1. The minimum atomic E-state index is -3.20. The van der Waals surface area contributed by atoms with Crippen molar-refractivity contribution in [2.24, 2.45) is 0 Å². The fourth-order valence-corrected chi connectivity index (χ4v) is 2.52. The van der Waals surface area contributed by atoms with Crippen LogP contribution < -0.4 is 14.7 Å². The van der Waals surface area contributed by atoms with E-state index in [1.54, 1.807) is 6.07 Å². The fourth-order valence-electron chi connectivity index (χ4n) is 2.52. The first-order valence-electron chi connectivity index (χ1n) is 6.30. The summed E-state index contributed by atoms with van der Waals surface area (Å²) in [7, 11) is 1.30. The van der Waals surface area contributed by atoms with E-state index in [1.807, 2.05) is 0 Å². The van der Waals surface area contributed by atoms with E-state index in [0.29, 0.717) is 12.0 Å². The molecule has 21 heavy (non-hydrogen) atoms. The van der Waals surface area contributed by atoms with Gasteiger partial charge in [-0.3, -0.25) is 4.79 Å². The monoisotopic (exact) mass is 296 g/mol. The Labute approximate surface area is 120 Å². The van der Waals surface area contributed by atoms with Crippen molar-refractivity contribution in [2.75, 3.05) is 13.7 Å². The van der Waals surface area contributed by atoms with Gasteiger partial charge in [0.05, 0.1) is 12.9 Å². The molecule has 1 aliphatic rings. The van der Waals surface area contributed by atoms with Crippen LogP contribution in [0.2, 0.25) is 6.32 Å². The summed E-state index contributed by atoms with van der Waals surface area (Å²) in [6, 6.07) is 3.05. The largest absolute Gasteiger partial charge is 0.669 e. The van der Waals surface area contributed by atoms with Crippen molar-refractivity contribution < 1.29 is 34.1 Å². The molecule has 1 aromatic rings. The van der Waals surface area contributed by atoms with Crippen molar-refractivity contribution in [3.8, 4) is 11.5 Å². The van der Waals surface area contributed by atoms with E-state index < -0.39 is 18.6 Å². The Morgan fingerprint density at radius 2 is 2.29 bits per heavy atom. The second kappa shape index (κ2) is 5.62. The van der Waals surface area contributed by atoms with Gasteiger partial charge in [0.2, 0.25) is 6.41 Å². The van der Waals surface area contributed by atoms with Gasteiger partial charge in [-0.2, -0.15) is 0 Å². The number of amides is 1. The molecule has 8 nitrogen and oxygen atoms in total. The molecule has 0 radical (unpaired) electrons. The first-order chi connectivity index (χ1) is 9.89. The average Bonchev–Trinajstić information content (AvgIpc) is 2.41. The maximum absolute atomic E-state index is 11.4. The van der Waals surface area contributed by atoms with Crippen molar-refractivity contribution >= 4 is 19.1 Å². The number of carbonyl (C=O) groups is 2. The van der Waals surface area contributed by atoms with Gasteiger partial charge in [-0.1, -0.05) is 12.4 Å². The Kier molecular flexibility index (Phi) is 4.05. The molecule has 1 unspecified atom stereocenters. The van der Waals surface area contributed by atoms with Crippen molar-refractivity contribution in [2.45, 2.75) is 12.2 Å². The fraction of sp³-hybridized carbons (Fsp3) is 0.333. The molecule has 114 valence electrons. The lowest BCUT2D eigenvalue weighted by atomic mass is 9.65.